The molecule has 7 heteroatoms. The number of rotatable bonds is 5. The summed E-state index contributed by atoms with van der Waals surface area (Å²) >= 11 is 0. The van der Waals surface area contributed by atoms with Gasteiger partial charge in [-0.3, -0.25) is 9.59 Å². The molecule has 1 aliphatic carbocycles. The van der Waals surface area contributed by atoms with Gasteiger partial charge in [0.2, 0.25) is 12.7 Å². The maximum atomic E-state index is 13.1. The van der Waals surface area contributed by atoms with Crippen LogP contribution in [-0.2, 0) is 17.9 Å². The summed E-state index contributed by atoms with van der Waals surface area (Å²) in [4.78, 5) is 34.6. The van der Waals surface area contributed by atoms with Crippen molar-refractivity contribution in [3.05, 3.63) is 64.2 Å². The maximum Gasteiger partial charge on any atom is 0.258 e. The van der Waals surface area contributed by atoms with E-state index in [1.165, 1.54) is 0 Å². The molecule has 7 nitrogen and oxygen atoms in total. The minimum Gasteiger partial charge on any atom is -0.454 e. The zero-order chi connectivity index (χ0) is 19.8. The number of ether oxygens (including phenoxy) is 2. The zero-order valence-corrected chi connectivity index (χ0v) is 15.9. The van der Waals surface area contributed by atoms with E-state index >= 15 is 0 Å². The molecule has 29 heavy (non-hydrogen) atoms. The molecule has 1 aliphatic heterocycles. The molecule has 1 fully saturated rings. The minimum absolute atomic E-state index is 0.0520. The number of H-pyrrole nitrogens is 1. The predicted molar refractivity (Wildman–Crippen MR) is 107 cm³/mol. The van der Waals surface area contributed by atoms with Gasteiger partial charge in [-0.2, -0.15) is 0 Å². The van der Waals surface area contributed by atoms with E-state index in [9.17, 15) is 9.59 Å². The van der Waals surface area contributed by atoms with Crippen LogP contribution in [0.15, 0.2) is 47.3 Å². The quantitative estimate of drug-likeness (QED) is 0.723. The lowest BCUT2D eigenvalue weighted by atomic mass is 9.84. The predicted octanol–water partition coefficient (Wildman–Crippen LogP) is 2.98. The number of para-hydroxylation sites is 1. The molecule has 2 aliphatic rings. The van der Waals surface area contributed by atoms with Crippen LogP contribution in [0.4, 0.5) is 0 Å². The van der Waals surface area contributed by atoms with Gasteiger partial charge in [0.1, 0.15) is 5.82 Å². The van der Waals surface area contributed by atoms with Crippen LogP contribution in [0.3, 0.4) is 0 Å². The van der Waals surface area contributed by atoms with Crippen LogP contribution in [0.5, 0.6) is 11.5 Å². The number of benzene rings is 2. The summed E-state index contributed by atoms with van der Waals surface area (Å²) in [5, 5.41) is 0.545. The lowest BCUT2D eigenvalue weighted by molar-refractivity contribution is -0.139. The van der Waals surface area contributed by atoms with Gasteiger partial charge in [0, 0.05) is 12.5 Å². The highest BCUT2D eigenvalue weighted by atomic mass is 16.7. The second-order valence-corrected chi connectivity index (χ2v) is 7.54. The number of carbonyl (C=O) groups excluding carboxylic acids is 1. The van der Waals surface area contributed by atoms with Crippen molar-refractivity contribution in [3.63, 3.8) is 0 Å². The molecular formula is C22H21N3O4. The average molecular weight is 391 g/mol. The van der Waals surface area contributed by atoms with Gasteiger partial charge < -0.3 is 19.4 Å². The van der Waals surface area contributed by atoms with Crippen molar-refractivity contribution >= 4 is 16.8 Å². The number of aromatic nitrogens is 2. The number of amides is 1. The van der Waals surface area contributed by atoms with E-state index in [1.807, 2.05) is 36.4 Å². The Morgan fingerprint density at radius 3 is 2.76 bits per heavy atom. The lowest BCUT2D eigenvalue weighted by Crippen LogP contribution is -2.38. The number of fused-ring (bicyclic) bond motifs is 2. The van der Waals surface area contributed by atoms with Crippen LogP contribution in [0, 0.1) is 5.92 Å². The van der Waals surface area contributed by atoms with Crippen LogP contribution in [-0.4, -0.2) is 27.6 Å². The van der Waals surface area contributed by atoms with Gasteiger partial charge in [-0.15, -0.1) is 0 Å². The van der Waals surface area contributed by atoms with E-state index in [0.29, 0.717) is 34.8 Å². The van der Waals surface area contributed by atoms with E-state index < -0.39 is 0 Å². The molecule has 1 saturated carbocycles. The standard InChI is InChI=1S/C22H21N3O4/c26-21-16-6-1-2-7-17(16)23-20(24-21)12-25(22(27)15-4-3-5-15)11-14-8-9-18-19(10-14)29-13-28-18/h1-2,6-10,15H,3-5,11-13H2,(H,23,24,26). The minimum atomic E-state index is -0.190. The van der Waals surface area contributed by atoms with E-state index in [2.05, 4.69) is 9.97 Å². The molecule has 0 unspecified atom stereocenters. The summed E-state index contributed by atoms with van der Waals surface area (Å²) in [5.74, 6) is 2.05. The summed E-state index contributed by atoms with van der Waals surface area (Å²) in [5.41, 5.74) is 1.39. The van der Waals surface area contributed by atoms with Crippen LogP contribution >= 0.6 is 0 Å². The van der Waals surface area contributed by atoms with Crippen LogP contribution in [0.2, 0.25) is 0 Å². The zero-order valence-electron chi connectivity index (χ0n) is 15.9. The first-order chi connectivity index (χ1) is 14.2. The first-order valence-corrected chi connectivity index (χ1v) is 9.82. The van der Waals surface area contributed by atoms with Crippen LogP contribution < -0.4 is 15.0 Å². The van der Waals surface area contributed by atoms with Crippen molar-refractivity contribution in [3.8, 4) is 11.5 Å². The topological polar surface area (TPSA) is 84.5 Å². The van der Waals surface area contributed by atoms with E-state index in [1.54, 1.807) is 11.0 Å². The molecule has 5 rings (SSSR count). The van der Waals surface area contributed by atoms with Crippen molar-refractivity contribution in [2.45, 2.75) is 32.4 Å². The van der Waals surface area contributed by atoms with Crippen molar-refractivity contribution in [2.24, 2.45) is 5.92 Å². The van der Waals surface area contributed by atoms with E-state index in [4.69, 9.17) is 9.47 Å². The smallest absolute Gasteiger partial charge is 0.258 e. The SMILES string of the molecule is O=C(C1CCC1)N(Cc1ccc2c(c1)OCO2)Cc1nc2ccccc2c(=O)[nH]1. The van der Waals surface area contributed by atoms with Gasteiger partial charge >= 0.3 is 0 Å². The Balaban J connectivity index is 1.44. The Morgan fingerprint density at radius 2 is 1.93 bits per heavy atom. The molecule has 0 saturated heterocycles. The van der Waals surface area contributed by atoms with Gasteiger partial charge in [-0.1, -0.05) is 24.6 Å². The van der Waals surface area contributed by atoms with Gasteiger partial charge in [-0.05, 0) is 42.7 Å². The summed E-state index contributed by atoms with van der Waals surface area (Å²) in [6.45, 7) is 0.887. The second-order valence-electron chi connectivity index (χ2n) is 7.54. The molecule has 1 N–H and O–H groups in total. The maximum absolute atomic E-state index is 13.1. The molecule has 2 aromatic carbocycles. The summed E-state index contributed by atoms with van der Waals surface area (Å²) in [6, 6.07) is 12.9. The van der Waals surface area contributed by atoms with E-state index in [0.717, 1.165) is 24.8 Å². The van der Waals surface area contributed by atoms with Crippen molar-refractivity contribution in [1.29, 1.82) is 0 Å². The molecule has 148 valence electrons. The Morgan fingerprint density at radius 1 is 1.10 bits per heavy atom. The molecule has 0 spiro atoms. The molecule has 0 radical (unpaired) electrons. The van der Waals surface area contributed by atoms with E-state index in [-0.39, 0.29) is 30.7 Å². The number of hydrogen-bond donors (Lipinski definition) is 1. The van der Waals surface area contributed by atoms with Gasteiger partial charge in [0.05, 0.1) is 17.4 Å². The third-order valence-corrected chi connectivity index (χ3v) is 5.58. The fourth-order valence-corrected chi connectivity index (χ4v) is 3.78. The first-order valence-electron chi connectivity index (χ1n) is 9.82. The fraction of sp³-hybridized carbons (Fsp3) is 0.318. The Bertz CT molecular complexity index is 1140. The Hall–Kier alpha value is -3.35. The van der Waals surface area contributed by atoms with Crippen molar-refractivity contribution in [2.75, 3.05) is 6.79 Å². The second kappa shape index (κ2) is 7.24. The largest absolute Gasteiger partial charge is 0.454 e. The number of nitrogens with one attached hydrogen (secondary N) is 1. The third kappa shape index (κ3) is 3.44. The molecule has 1 aromatic heterocycles. The fourth-order valence-electron chi connectivity index (χ4n) is 3.78. The van der Waals surface area contributed by atoms with Crippen molar-refractivity contribution < 1.29 is 14.3 Å². The molecular weight excluding hydrogens is 370 g/mol. The monoisotopic (exact) mass is 391 g/mol. The number of carbonyl (C=O) groups is 1. The Kier molecular flexibility index (Phi) is 4.42. The van der Waals surface area contributed by atoms with Crippen LogP contribution in [0.25, 0.3) is 10.9 Å². The molecule has 3 aromatic rings. The highest BCUT2D eigenvalue weighted by molar-refractivity contribution is 5.80. The molecule has 0 atom stereocenters. The number of hydrogen-bond acceptors (Lipinski definition) is 5. The summed E-state index contributed by atoms with van der Waals surface area (Å²) in [6.07, 6.45) is 2.91. The Labute approximate surface area is 167 Å². The van der Waals surface area contributed by atoms with Gasteiger partial charge in [0.25, 0.3) is 5.56 Å². The first kappa shape index (κ1) is 17.7. The highest BCUT2D eigenvalue weighted by Crippen LogP contribution is 2.34. The number of aromatic amines is 1. The van der Waals surface area contributed by atoms with Gasteiger partial charge in [-0.25, -0.2) is 4.98 Å². The van der Waals surface area contributed by atoms with Gasteiger partial charge in [0.15, 0.2) is 11.5 Å². The van der Waals surface area contributed by atoms with Crippen LogP contribution in [0.1, 0.15) is 30.7 Å². The van der Waals surface area contributed by atoms with Crippen molar-refractivity contribution in [1.82, 2.24) is 14.9 Å². The number of nitrogens with zero attached hydrogens (tertiary/aromatic N) is 2. The third-order valence-electron chi connectivity index (χ3n) is 5.58. The normalized spacial score (nSPS) is 15.3. The summed E-state index contributed by atoms with van der Waals surface area (Å²) < 4.78 is 10.8. The highest BCUT2D eigenvalue weighted by Gasteiger charge is 2.30. The summed E-state index contributed by atoms with van der Waals surface area (Å²) in [7, 11) is 0. The molecule has 2 heterocycles. The lowest BCUT2D eigenvalue weighted by Gasteiger charge is -2.31. The molecule has 1 amide bonds. The molecule has 0 bridgehead atoms. The average Bonchev–Trinajstić information content (AvgIpc) is 3.14.